The second-order valence-electron chi connectivity index (χ2n) is 8.23. The molecule has 0 saturated heterocycles. The van der Waals surface area contributed by atoms with Crippen LogP contribution in [0.1, 0.15) is 52.9 Å². The highest BCUT2D eigenvalue weighted by molar-refractivity contribution is 6.32. The molecule has 0 bridgehead atoms. The average molecular weight is 442 g/mol. The molecule has 0 spiro atoms. The second-order valence-corrected chi connectivity index (χ2v) is 8.64. The molecular formula is C25H32ClN3O2. The van der Waals surface area contributed by atoms with Gasteiger partial charge in [0.1, 0.15) is 6.29 Å². The Morgan fingerprint density at radius 1 is 1.16 bits per heavy atom. The van der Waals surface area contributed by atoms with E-state index in [1.54, 1.807) is 31.3 Å². The van der Waals surface area contributed by atoms with Crippen molar-refractivity contribution in [1.82, 2.24) is 14.8 Å². The van der Waals surface area contributed by atoms with E-state index in [0.29, 0.717) is 17.0 Å². The van der Waals surface area contributed by atoms with Crippen LogP contribution in [0.25, 0.3) is 6.08 Å². The summed E-state index contributed by atoms with van der Waals surface area (Å²) in [4.78, 5) is 31.4. The lowest BCUT2D eigenvalue weighted by molar-refractivity contribution is -0.108. The molecule has 0 aliphatic carbocycles. The number of rotatable bonds is 10. The third kappa shape index (κ3) is 7.30. The Labute approximate surface area is 190 Å². The maximum absolute atomic E-state index is 12.1. The van der Waals surface area contributed by atoms with Crippen molar-refractivity contribution in [3.05, 3.63) is 69.5 Å². The number of pyridine rings is 1. The van der Waals surface area contributed by atoms with E-state index >= 15 is 0 Å². The first-order valence-corrected chi connectivity index (χ1v) is 10.8. The summed E-state index contributed by atoms with van der Waals surface area (Å²) in [5.74, 6) is 0.104. The number of aryl methyl sites for hydroxylation is 1. The Morgan fingerprint density at radius 3 is 2.42 bits per heavy atom. The van der Waals surface area contributed by atoms with Gasteiger partial charge in [0.2, 0.25) is 0 Å². The fraction of sp³-hybridized carbons (Fsp3) is 0.400. The van der Waals surface area contributed by atoms with Crippen LogP contribution in [0.4, 0.5) is 0 Å². The Hall–Kier alpha value is -2.50. The first-order chi connectivity index (χ1) is 14.7. The Balaban J connectivity index is 2.00. The Bertz CT molecular complexity index is 903. The highest BCUT2D eigenvalue weighted by atomic mass is 35.5. The maximum Gasteiger partial charge on any atom is 0.253 e. The summed E-state index contributed by atoms with van der Waals surface area (Å²) in [5, 5.41) is 0.705. The van der Waals surface area contributed by atoms with Crippen LogP contribution in [0, 0.1) is 6.92 Å². The zero-order chi connectivity index (χ0) is 23.0. The molecule has 0 aliphatic rings. The van der Waals surface area contributed by atoms with Crippen LogP contribution in [0.2, 0.25) is 5.02 Å². The predicted molar refractivity (Wildman–Crippen MR) is 128 cm³/mol. The van der Waals surface area contributed by atoms with E-state index in [1.165, 1.54) is 5.57 Å². The van der Waals surface area contributed by atoms with Crippen molar-refractivity contribution in [2.75, 3.05) is 34.2 Å². The molecule has 31 heavy (non-hydrogen) atoms. The van der Waals surface area contributed by atoms with E-state index in [2.05, 4.69) is 29.9 Å². The number of hydrogen-bond donors (Lipinski definition) is 0. The van der Waals surface area contributed by atoms with Gasteiger partial charge in [-0.3, -0.25) is 9.78 Å². The summed E-state index contributed by atoms with van der Waals surface area (Å²) < 4.78 is 0. The van der Waals surface area contributed by atoms with E-state index < -0.39 is 0 Å². The monoisotopic (exact) mass is 441 g/mol. The van der Waals surface area contributed by atoms with Crippen molar-refractivity contribution in [3.63, 3.8) is 0 Å². The molecule has 166 valence electrons. The number of carbonyl (C=O) groups excluding carboxylic acids is 2. The van der Waals surface area contributed by atoms with E-state index in [9.17, 15) is 9.59 Å². The molecule has 6 heteroatoms. The highest BCUT2D eigenvalue weighted by Crippen LogP contribution is 2.24. The van der Waals surface area contributed by atoms with Gasteiger partial charge in [0.25, 0.3) is 5.91 Å². The predicted octanol–water partition coefficient (Wildman–Crippen LogP) is 4.84. The number of hydrogen-bond acceptors (Lipinski definition) is 4. The van der Waals surface area contributed by atoms with Gasteiger partial charge in [0.15, 0.2) is 0 Å². The van der Waals surface area contributed by atoms with Crippen LogP contribution in [-0.2, 0) is 4.79 Å². The summed E-state index contributed by atoms with van der Waals surface area (Å²) in [6.07, 6.45) is 6.10. The van der Waals surface area contributed by atoms with E-state index in [4.69, 9.17) is 11.6 Å². The standard InChI is InChI=1S/C25H32ClN3O2/c1-18(16-23-19(2)27-13-10-24(23)26)17-29(5)14-11-21(12-15-30)20-6-8-22(9-7-20)25(31)28(3)4/h6-10,13,15-16,21H,11-12,14,17H2,1-5H3/b18-16+. The zero-order valence-corrected chi connectivity index (χ0v) is 19.8. The molecule has 2 aromatic rings. The fourth-order valence-electron chi connectivity index (χ4n) is 3.59. The topological polar surface area (TPSA) is 53.5 Å². The van der Waals surface area contributed by atoms with Gasteiger partial charge < -0.3 is 14.6 Å². The van der Waals surface area contributed by atoms with Crippen LogP contribution >= 0.6 is 11.6 Å². The van der Waals surface area contributed by atoms with Gasteiger partial charge in [0, 0.05) is 50.1 Å². The number of carbonyl (C=O) groups is 2. The molecule has 1 aromatic carbocycles. The number of benzene rings is 1. The zero-order valence-electron chi connectivity index (χ0n) is 19.1. The minimum absolute atomic E-state index is 0.0237. The number of nitrogens with zero attached hydrogens (tertiary/aromatic N) is 3. The molecule has 0 aliphatic heterocycles. The molecule has 5 nitrogen and oxygen atoms in total. The smallest absolute Gasteiger partial charge is 0.253 e. The Kier molecular flexibility index (Phi) is 9.41. The van der Waals surface area contributed by atoms with Crippen LogP contribution in [-0.4, -0.2) is 61.2 Å². The largest absolute Gasteiger partial charge is 0.345 e. The third-order valence-electron chi connectivity index (χ3n) is 5.32. The van der Waals surface area contributed by atoms with Gasteiger partial charge in [-0.25, -0.2) is 0 Å². The molecule has 1 unspecified atom stereocenters. The summed E-state index contributed by atoms with van der Waals surface area (Å²) in [6, 6.07) is 9.41. The SMILES string of the molecule is C/C(=C\c1c(Cl)ccnc1C)CN(C)CCC(CC=O)c1ccc(C(=O)N(C)C)cc1. The lowest BCUT2D eigenvalue weighted by atomic mass is 9.92. The maximum atomic E-state index is 12.1. The van der Waals surface area contributed by atoms with Crippen molar-refractivity contribution in [1.29, 1.82) is 0 Å². The van der Waals surface area contributed by atoms with Crippen LogP contribution in [0.5, 0.6) is 0 Å². The molecule has 2 rings (SSSR count). The van der Waals surface area contributed by atoms with Crippen LogP contribution in [0.15, 0.2) is 42.1 Å². The van der Waals surface area contributed by atoms with Crippen LogP contribution < -0.4 is 0 Å². The molecule has 0 N–H and O–H groups in total. The van der Waals surface area contributed by atoms with E-state index in [1.807, 2.05) is 31.2 Å². The van der Waals surface area contributed by atoms with Gasteiger partial charge >= 0.3 is 0 Å². The first kappa shape index (κ1) is 24.8. The normalized spacial score (nSPS) is 12.7. The highest BCUT2D eigenvalue weighted by Gasteiger charge is 2.15. The van der Waals surface area contributed by atoms with Crippen molar-refractivity contribution in [2.45, 2.75) is 32.6 Å². The van der Waals surface area contributed by atoms with E-state index in [0.717, 1.165) is 42.6 Å². The Morgan fingerprint density at radius 2 is 1.84 bits per heavy atom. The van der Waals surface area contributed by atoms with Gasteiger partial charge in [-0.15, -0.1) is 0 Å². The van der Waals surface area contributed by atoms with Gasteiger partial charge in [-0.05, 0) is 63.5 Å². The lowest BCUT2D eigenvalue weighted by Gasteiger charge is -2.22. The molecule has 1 amide bonds. The number of aldehydes is 1. The average Bonchev–Trinajstić information content (AvgIpc) is 2.73. The van der Waals surface area contributed by atoms with Crippen molar-refractivity contribution >= 4 is 29.9 Å². The van der Waals surface area contributed by atoms with Gasteiger partial charge in [0.05, 0.1) is 5.02 Å². The molecule has 1 heterocycles. The van der Waals surface area contributed by atoms with Gasteiger partial charge in [-0.2, -0.15) is 0 Å². The van der Waals surface area contributed by atoms with Crippen molar-refractivity contribution < 1.29 is 9.59 Å². The number of likely N-dealkylation sites (N-methyl/N-ethyl adjacent to an activating group) is 1. The molecule has 1 aromatic heterocycles. The van der Waals surface area contributed by atoms with Crippen LogP contribution in [0.3, 0.4) is 0 Å². The number of halogens is 1. The van der Waals surface area contributed by atoms with E-state index in [-0.39, 0.29) is 11.8 Å². The quantitative estimate of drug-likeness (QED) is 0.495. The minimum atomic E-state index is -0.0237. The minimum Gasteiger partial charge on any atom is -0.345 e. The van der Waals surface area contributed by atoms with Gasteiger partial charge in [-0.1, -0.05) is 35.4 Å². The van der Waals surface area contributed by atoms with Crippen molar-refractivity contribution in [3.8, 4) is 0 Å². The number of aromatic nitrogens is 1. The summed E-state index contributed by atoms with van der Waals surface area (Å²) in [5.41, 5.74) is 4.80. The summed E-state index contributed by atoms with van der Waals surface area (Å²) in [7, 11) is 5.55. The summed E-state index contributed by atoms with van der Waals surface area (Å²) in [6.45, 7) is 5.69. The first-order valence-electron chi connectivity index (χ1n) is 10.4. The van der Waals surface area contributed by atoms with Crippen molar-refractivity contribution in [2.24, 2.45) is 0 Å². The fourth-order valence-corrected chi connectivity index (χ4v) is 3.83. The third-order valence-corrected chi connectivity index (χ3v) is 5.65. The lowest BCUT2D eigenvalue weighted by Crippen LogP contribution is -2.23. The summed E-state index contributed by atoms with van der Waals surface area (Å²) >= 11 is 6.31. The molecule has 0 fully saturated rings. The molecular weight excluding hydrogens is 410 g/mol. The molecule has 0 radical (unpaired) electrons. The number of amides is 1. The second kappa shape index (κ2) is 11.8. The molecule has 1 atom stereocenters. The molecule has 0 saturated carbocycles.